The number of carbonyl (C=O) groups is 2. The van der Waals surface area contributed by atoms with Gasteiger partial charge >= 0.3 is 5.97 Å². The average Bonchev–Trinajstić information content (AvgIpc) is 3.12. The topological polar surface area (TPSA) is 68.3 Å². The average molecular weight is 407 g/mol. The van der Waals surface area contributed by atoms with Crippen LogP contribution in [0, 0.1) is 0 Å². The summed E-state index contributed by atoms with van der Waals surface area (Å²) in [5.41, 5.74) is 1.04. The van der Waals surface area contributed by atoms with E-state index in [9.17, 15) is 9.59 Å². The van der Waals surface area contributed by atoms with E-state index in [-0.39, 0.29) is 24.2 Å². The van der Waals surface area contributed by atoms with E-state index in [1.165, 1.54) is 30.6 Å². The highest BCUT2D eigenvalue weighted by atomic mass is 35.5. The molecule has 1 heterocycles. The Morgan fingerprint density at radius 2 is 1.93 bits per heavy atom. The maximum absolute atomic E-state index is 12.2. The minimum atomic E-state index is -0.590. The van der Waals surface area contributed by atoms with E-state index in [2.05, 4.69) is 10.3 Å². The molecule has 1 amide bonds. The summed E-state index contributed by atoms with van der Waals surface area (Å²) < 4.78 is 5.13. The van der Waals surface area contributed by atoms with Gasteiger partial charge in [0.2, 0.25) is 0 Å². The lowest BCUT2D eigenvalue weighted by Crippen LogP contribution is -2.38. The van der Waals surface area contributed by atoms with E-state index in [0.717, 1.165) is 31.2 Å². The van der Waals surface area contributed by atoms with Gasteiger partial charge in [-0.2, -0.15) is 0 Å². The molecule has 1 saturated carbocycles. The van der Waals surface area contributed by atoms with Crippen LogP contribution in [0.5, 0.6) is 0 Å². The van der Waals surface area contributed by atoms with Gasteiger partial charge in [-0.05, 0) is 25.0 Å². The van der Waals surface area contributed by atoms with E-state index in [4.69, 9.17) is 16.3 Å². The summed E-state index contributed by atoms with van der Waals surface area (Å²) in [6.45, 7) is -0.278. The summed E-state index contributed by atoms with van der Waals surface area (Å²) in [5.74, 6) is -0.841. The van der Waals surface area contributed by atoms with Crippen LogP contribution in [0.3, 0.4) is 0 Å². The zero-order valence-corrected chi connectivity index (χ0v) is 16.7. The number of benzene rings is 1. The van der Waals surface area contributed by atoms with Crippen molar-refractivity contribution in [2.45, 2.75) is 51.0 Å². The Morgan fingerprint density at radius 1 is 1.19 bits per heavy atom. The van der Waals surface area contributed by atoms with Gasteiger partial charge in [0.05, 0.1) is 0 Å². The van der Waals surface area contributed by atoms with Gasteiger partial charge in [-0.15, -0.1) is 11.3 Å². The first-order valence-corrected chi connectivity index (χ1v) is 10.6. The van der Waals surface area contributed by atoms with Crippen LogP contribution in [0.2, 0.25) is 5.02 Å². The lowest BCUT2D eigenvalue weighted by molar-refractivity contribution is -0.125. The minimum absolute atomic E-state index is 0.185. The summed E-state index contributed by atoms with van der Waals surface area (Å²) in [5, 5.41) is 5.91. The Morgan fingerprint density at radius 3 is 2.67 bits per heavy atom. The number of halogens is 1. The van der Waals surface area contributed by atoms with E-state index in [1.807, 2.05) is 12.1 Å². The first-order valence-electron chi connectivity index (χ1n) is 9.30. The number of amides is 1. The van der Waals surface area contributed by atoms with Crippen molar-refractivity contribution in [3.8, 4) is 10.6 Å². The van der Waals surface area contributed by atoms with Gasteiger partial charge in [0, 0.05) is 22.0 Å². The van der Waals surface area contributed by atoms with Gasteiger partial charge in [0.15, 0.2) is 12.3 Å². The van der Waals surface area contributed by atoms with E-state index < -0.39 is 5.97 Å². The van der Waals surface area contributed by atoms with Gasteiger partial charge in [-0.3, -0.25) is 4.79 Å². The third-order valence-electron chi connectivity index (χ3n) is 4.59. The van der Waals surface area contributed by atoms with Crippen LogP contribution in [-0.4, -0.2) is 29.5 Å². The van der Waals surface area contributed by atoms with Gasteiger partial charge < -0.3 is 10.1 Å². The summed E-state index contributed by atoms with van der Waals surface area (Å²) in [4.78, 5) is 28.5. The Kier molecular flexibility index (Phi) is 7.24. The molecule has 3 rings (SSSR count). The lowest BCUT2D eigenvalue weighted by atomic mass is 9.97. The minimum Gasteiger partial charge on any atom is -0.451 e. The Labute approximate surface area is 168 Å². The molecule has 1 aliphatic rings. The van der Waals surface area contributed by atoms with Crippen molar-refractivity contribution < 1.29 is 14.3 Å². The highest BCUT2D eigenvalue weighted by Crippen LogP contribution is 2.26. The summed E-state index contributed by atoms with van der Waals surface area (Å²) in [6.07, 6.45) is 7.98. The molecule has 0 saturated heterocycles. The molecule has 0 aliphatic heterocycles. The molecular weight excluding hydrogens is 384 g/mol. The van der Waals surface area contributed by atoms with Crippen molar-refractivity contribution in [2.75, 3.05) is 6.61 Å². The predicted molar refractivity (Wildman–Crippen MR) is 107 cm³/mol. The molecule has 0 atom stereocenters. The van der Waals surface area contributed by atoms with Gasteiger partial charge in [0.25, 0.3) is 5.91 Å². The Hall–Kier alpha value is -1.92. The summed E-state index contributed by atoms with van der Waals surface area (Å²) in [6, 6.07) is 7.46. The normalized spacial score (nSPS) is 15.6. The van der Waals surface area contributed by atoms with Crippen LogP contribution < -0.4 is 5.32 Å². The number of hydrogen-bond acceptors (Lipinski definition) is 5. The van der Waals surface area contributed by atoms with Crippen LogP contribution in [-0.2, 0) is 9.53 Å². The van der Waals surface area contributed by atoms with Gasteiger partial charge in [-0.25, -0.2) is 9.78 Å². The number of hydrogen-bond donors (Lipinski definition) is 1. The van der Waals surface area contributed by atoms with Crippen molar-refractivity contribution >= 4 is 34.8 Å². The zero-order chi connectivity index (χ0) is 19.1. The maximum atomic E-state index is 12.2. The standard InChI is InChI=1S/C20H23ClN2O3S/c21-15-8-6-7-14(11-15)19-23-17(13-27-19)20(25)26-12-18(24)22-16-9-4-2-1-3-5-10-16/h6-8,11,13,16H,1-5,9-10,12H2,(H,22,24). The van der Waals surface area contributed by atoms with Crippen LogP contribution >= 0.6 is 22.9 Å². The number of carbonyl (C=O) groups excluding carboxylic acids is 2. The fraction of sp³-hybridized carbons (Fsp3) is 0.450. The van der Waals surface area contributed by atoms with Crippen LogP contribution in [0.4, 0.5) is 0 Å². The van der Waals surface area contributed by atoms with E-state index in [0.29, 0.717) is 10.0 Å². The lowest BCUT2D eigenvalue weighted by Gasteiger charge is -2.20. The quantitative estimate of drug-likeness (QED) is 0.720. The molecule has 27 heavy (non-hydrogen) atoms. The molecule has 144 valence electrons. The Bertz CT molecular complexity index is 785. The van der Waals surface area contributed by atoms with Crippen molar-refractivity contribution in [1.29, 1.82) is 0 Å². The third-order valence-corrected chi connectivity index (χ3v) is 5.72. The summed E-state index contributed by atoms with van der Waals surface area (Å²) >= 11 is 7.32. The van der Waals surface area contributed by atoms with E-state index in [1.54, 1.807) is 17.5 Å². The molecule has 0 spiro atoms. The maximum Gasteiger partial charge on any atom is 0.358 e. The molecule has 0 unspecified atom stereocenters. The third kappa shape index (κ3) is 6.04. The SMILES string of the molecule is O=C(COC(=O)c1csc(-c2cccc(Cl)c2)n1)NC1CCCCCCC1. The number of thiazole rings is 1. The molecule has 7 heteroatoms. The molecule has 1 aromatic heterocycles. The molecule has 1 N–H and O–H groups in total. The number of rotatable bonds is 5. The second-order valence-electron chi connectivity index (χ2n) is 6.73. The fourth-order valence-corrected chi connectivity index (χ4v) is 4.17. The second-order valence-corrected chi connectivity index (χ2v) is 8.03. The number of esters is 1. The van der Waals surface area contributed by atoms with Crippen molar-refractivity contribution in [3.05, 3.63) is 40.4 Å². The molecule has 1 fully saturated rings. The predicted octanol–water partition coefficient (Wildman–Crippen LogP) is 4.85. The molecule has 5 nitrogen and oxygen atoms in total. The smallest absolute Gasteiger partial charge is 0.358 e. The summed E-state index contributed by atoms with van der Waals surface area (Å²) in [7, 11) is 0. The fourth-order valence-electron chi connectivity index (χ4n) is 3.20. The molecule has 1 aromatic carbocycles. The number of aromatic nitrogens is 1. The monoisotopic (exact) mass is 406 g/mol. The molecule has 1 aliphatic carbocycles. The molecular formula is C20H23ClN2O3S. The molecule has 0 radical (unpaired) electrons. The second kappa shape index (κ2) is 9.85. The molecule has 0 bridgehead atoms. The first kappa shape index (κ1) is 19.8. The van der Waals surface area contributed by atoms with Crippen molar-refractivity contribution in [1.82, 2.24) is 10.3 Å². The van der Waals surface area contributed by atoms with Crippen LogP contribution in [0.1, 0.15) is 55.4 Å². The van der Waals surface area contributed by atoms with Gasteiger partial charge in [0.1, 0.15) is 5.01 Å². The number of ether oxygens (including phenoxy) is 1. The van der Waals surface area contributed by atoms with Crippen LogP contribution in [0.25, 0.3) is 10.6 Å². The van der Waals surface area contributed by atoms with E-state index >= 15 is 0 Å². The first-order chi connectivity index (χ1) is 13.1. The van der Waals surface area contributed by atoms with Crippen molar-refractivity contribution in [2.24, 2.45) is 0 Å². The highest BCUT2D eigenvalue weighted by Gasteiger charge is 2.17. The van der Waals surface area contributed by atoms with Crippen molar-refractivity contribution in [3.63, 3.8) is 0 Å². The zero-order valence-electron chi connectivity index (χ0n) is 15.1. The number of nitrogens with one attached hydrogen (secondary N) is 1. The van der Waals surface area contributed by atoms with Gasteiger partial charge in [-0.1, -0.05) is 55.8 Å². The largest absolute Gasteiger partial charge is 0.451 e. The number of nitrogens with zero attached hydrogens (tertiary/aromatic N) is 1. The van der Waals surface area contributed by atoms with Crippen LogP contribution in [0.15, 0.2) is 29.6 Å². The Balaban J connectivity index is 1.49. The molecule has 2 aromatic rings. The highest BCUT2D eigenvalue weighted by molar-refractivity contribution is 7.13.